The van der Waals surface area contributed by atoms with Crippen LogP contribution in [0.5, 0.6) is 0 Å². The monoisotopic (exact) mass is 438 g/mol. The summed E-state index contributed by atoms with van der Waals surface area (Å²) in [6.07, 6.45) is 0.967. The van der Waals surface area contributed by atoms with Gasteiger partial charge in [0.2, 0.25) is 0 Å². The van der Waals surface area contributed by atoms with Gasteiger partial charge in [0.15, 0.2) is 5.13 Å². The van der Waals surface area contributed by atoms with Crippen LogP contribution in [0.3, 0.4) is 0 Å². The smallest absolute Gasteiger partial charge is 0.293 e. The van der Waals surface area contributed by atoms with Gasteiger partial charge in [0.1, 0.15) is 5.69 Å². The van der Waals surface area contributed by atoms with Crippen LogP contribution in [0, 0.1) is 10.1 Å². The van der Waals surface area contributed by atoms with E-state index in [4.69, 9.17) is 4.74 Å². The number of nitro groups is 1. The van der Waals surface area contributed by atoms with Gasteiger partial charge in [0, 0.05) is 35.7 Å². The normalized spacial score (nSPS) is 13.8. The Morgan fingerprint density at radius 1 is 1.23 bits per heavy atom. The summed E-state index contributed by atoms with van der Waals surface area (Å²) in [5.41, 5.74) is 3.61. The number of thiazole rings is 1. The first-order valence-electron chi connectivity index (χ1n) is 10.0. The van der Waals surface area contributed by atoms with E-state index >= 15 is 0 Å². The number of ether oxygens (including phenoxy) is 1. The van der Waals surface area contributed by atoms with Crippen LogP contribution in [0.2, 0.25) is 0 Å². The number of rotatable bonds is 6. The van der Waals surface area contributed by atoms with E-state index in [1.807, 2.05) is 22.4 Å². The summed E-state index contributed by atoms with van der Waals surface area (Å²) in [5.74, 6) is -0.432. The summed E-state index contributed by atoms with van der Waals surface area (Å²) in [6, 6.07) is 12.7. The van der Waals surface area contributed by atoms with Gasteiger partial charge in [0.05, 0.1) is 23.8 Å². The molecule has 8 nitrogen and oxygen atoms in total. The molecule has 9 heteroatoms. The quantitative estimate of drug-likeness (QED) is 0.453. The molecule has 3 aromatic rings. The van der Waals surface area contributed by atoms with E-state index in [1.165, 1.54) is 23.0 Å². The molecule has 1 aliphatic rings. The van der Waals surface area contributed by atoms with Crippen molar-refractivity contribution in [3.8, 4) is 11.3 Å². The van der Waals surface area contributed by atoms with Crippen molar-refractivity contribution in [3.63, 3.8) is 0 Å². The molecule has 0 atom stereocenters. The largest absolute Gasteiger partial charge is 0.378 e. The van der Waals surface area contributed by atoms with Crippen LogP contribution in [0.25, 0.3) is 11.3 Å². The van der Waals surface area contributed by atoms with Crippen molar-refractivity contribution in [3.05, 3.63) is 69.1 Å². The maximum Gasteiger partial charge on any atom is 0.293 e. The number of nitrogens with zero attached hydrogens (tertiary/aromatic N) is 3. The average Bonchev–Trinajstić information content (AvgIpc) is 3.27. The van der Waals surface area contributed by atoms with Crippen LogP contribution in [0.4, 0.5) is 16.5 Å². The number of morpholine rings is 1. The summed E-state index contributed by atoms with van der Waals surface area (Å²) < 4.78 is 5.31. The highest BCUT2D eigenvalue weighted by molar-refractivity contribution is 7.14. The predicted molar refractivity (Wildman–Crippen MR) is 121 cm³/mol. The van der Waals surface area contributed by atoms with E-state index in [2.05, 4.69) is 29.4 Å². The summed E-state index contributed by atoms with van der Waals surface area (Å²) in [5, 5.41) is 16.7. The fourth-order valence-electron chi connectivity index (χ4n) is 3.43. The molecule has 2 aromatic carbocycles. The molecule has 0 unspecified atom stereocenters. The van der Waals surface area contributed by atoms with Crippen molar-refractivity contribution in [1.29, 1.82) is 0 Å². The first-order chi connectivity index (χ1) is 15.0. The highest BCUT2D eigenvalue weighted by Gasteiger charge is 2.23. The summed E-state index contributed by atoms with van der Waals surface area (Å²) in [7, 11) is 0. The molecule has 31 heavy (non-hydrogen) atoms. The van der Waals surface area contributed by atoms with E-state index in [0.29, 0.717) is 37.1 Å². The first kappa shape index (κ1) is 21.0. The number of nitro benzene ring substituents is 1. The Morgan fingerprint density at radius 3 is 2.65 bits per heavy atom. The Kier molecular flexibility index (Phi) is 6.24. The molecule has 4 rings (SSSR count). The number of amides is 1. The van der Waals surface area contributed by atoms with E-state index in [0.717, 1.165) is 17.7 Å². The van der Waals surface area contributed by atoms with Crippen molar-refractivity contribution >= 4 is 33.8 Å². The minimum absolute atomic E-state index is 0.0922. The molecule has 160 valence electrons. The van der Waals surface area contributed by atoms with E-state index in [-0.39, 0.29) is 11.3 Å². The van der Waals surface area contributed by atoms with Crippen LogP contribution in [0.15, 0.2) is 47.8 Å². The topological polar surface area (TPSA) is 97.6 Å². The molecular weight excluding hydrogens is 416 g/mol. The Hall–Kier alpha value is -3.30. The highest BCUT2D eigenvalue weighted by Crippen LogP contribution is 2.31. The van der Waals surface area contributed by atoms with E-state index in [9.17, 15) is 14.9 Å². The molecule has 2 heterocycles. The van der Waals surface area contributed by atoms with Crippen molar-refractivity contribution < 1.29 is 14.5 Å². The van der Waals surface area contributed by atoms with Gasteiger partial charge < -0.3 is 9.64 Å². The molecule has 1 N–H and O–H groups in total. The molecular formula is C22H22N4O4S. The van der Waals surface area contributed by atoms with Gasteiger partial charge >= 0.3 is 0 Å². The van der Waals surface area contributed by atoms with Crippen LogP contribution in [0.1, 0.15) is 22.8 Å². The number of aromatic nitrogens is 1. The third-order valence-electron chi connectivity index (χ3n) is 5.17. The van der Waals surface area contributed by atoms with Crippen LogP contribution < -0.4 is 10.2 Å². The SMILES string of the molecule is CCc1ccc(-c2csc(NC(=O)c3ccc(N4CCOCC4)c([N+](=O)[O-])c3)n2)cc1. The molecule has 0 bridgehead atoms. The zero-order chi connectivity index (χ0) is 21.8. The molecule has 1 fully saturated rings. The third kappa shape index (κ3) is 4.73. The maximum absolute atomic E-state index is 12.7. The standard InChI is InChI=1S/C22H22N4O4S/c1-2-15-3-5-16(6-4-15)18-14-31-22(23-18)24-21(27)17-7-8-19(20(13-17)26(28)29)25-9-11-30-12-10-25/h3-8,13-14H,2,9-12H2,1H3,(H,23,24,27). The first-order valence-corrected chi connectivity index (χ1v) is 10.9. The minimum atomic E-state index is -0.455. The molecule has 1 aromatic heterocycles. The van der Waals surface area contributed by atoms with Crippen molar-refractivity contribution in [2.75, 3.05) is 36.5 Å². The number of benzene rings is 2. The second-order valence-electron chi connectivity index (χ2n) is 7.10. The lowest BCUT2D eigenvalue weighted by Gasteiger charge is -2.28. The minimum Gasteiger partial charge on any atom is -0.378 e. The van der Waals surface area contributed by atoms with Crippen LogP contribution in [-0.2, 0) is 11.2 Å². The molecule has 0 spiro atoms. The van der Waals surface area contributed by atoms with Gasteiger partial charge in [-0.25, -0.2) is 4.98 Å². The maximum atomic E-state index is 12.7. The van der Waals surface area contributed by atoms with Gasteiger partial charge in [-0.3, -0.25) is 20.2 Å². The predicted octanol–water partition coefficient (Wildman–Crippen LogP) is 4.37. The molecule has 0 saturated carbocycles. The van der Waals surface area contributed by atoms with Gasteiger partial charge in [-0.05, 0) is 24.1 Å². The number of carbonyl (C=O) groups is 1. The number of aryl methyl sites for hydroxylation is 1. The average molecular weight is 439 g/mol. The second-order valence-corrected chi connectivity index (χ2v) is 7.96. The van der Waals surface area contributed by atoms with Gasteiger partial charge in [0.25, 0.3) is 11.6 Å². The summed E-state index contributed by atoms with van der Waals surface area (Å²) >= 11 is 1.31. The van der Waals surface area contributed by atoms with Crippen molar-refractivity contribution in [2.45, 2.75) is 13.3 Å². The summed E-state index contributed by atoms with van der Waals surface area (Å²) in [4.78, 5) is 30.2. The molecule has 1 amide bonds. The Labute approximate surface area is 183 Å². The fourth-order valence-corrected chi connectivity index (χ4v) is 4.14. The zero-order valence-corrected chi connectivity index (χ0v) is 17.9. The lowest BCUT2D eigenvalue weighted by molar-refractivity contribution is -0.384. The van der Waals surface area contributed by atoms with Gasteiger partial charge in [-0.2, -0.15) is 0 Å². The second kappa shape index (κ2) is 9.23. The van der Waals surface area contributed by atoms with Crippen molar-refractivity contribution in [1.82, 2.24) is 4.98 Å². The third-order valence-corrected chi connectivity index (χ3v) is 5.93. The van der Waals surface area contributed by atoms with E-state index in [1.54, 1.807) is 12.1 Å². The highest BCUT2D eigenvalue weighted by atomic mass is 32.1. The van der Waals surface area contributed by atoms with E-state index < -0.39 is 10.8 Å². The lowest BCUT2D eigenvalue weighted by atomic mass is 10.1. The Bertz CT molecular complexity index is 1090. The van der Waals surface area contributed by atoms with Gasteiger partial charge in [-0.1, -0.05) is 31.2 Å². The molecule has 1 aliphatic heterocycles. The molecule has 0 radical (unpaired) electrons. The number of anilines is 2. The molecule has 0 aliphatic carbocycles. The van der Waals surface area contributed by atoms with Crippen molar-refractivity contribution in [2.24, 2.45) is 0 Å². The Balaban J connectivity index is 1.51. The number of hydrogen-bond donors (Lipinski definition) is 1. The zero-order valence-electron chi connectivity index (χ0n) is 17.0. The van der Waals surface area contributed by atoms with Gasteiger partial charge in [-0.15, -0.1) is 11.3 Å². The number of carbonyl (C=O) groups excluding carboxylic acids is 1. The fraction of sp³-hybridized carbons (Fsp3) is 0.273. The molecule has 1 saturated heterocycles. The lowest BCUT2D eigenvalue weighted by Crippen LogP contribution is -2.36. The Morgan fingerprint density at radius 2 is 1.97 bits per heavy atom. The van der Waals surface area contributed by atoms with Crippen LogP contribution in [-0.4, -0.2) is 42.1 Å². The summed E-state index contributed by atoms with van der Waals surface area (Å²) in [6.45, 7) is 4.30. The number of nitrogens with one attached hydrogen (secondary N) is 1. The number of hydrogen-bond acceptors (Lipinski definition) is 7. The van der Waals surface area contributed by atoms with Crippen LogP contribution >= 0.6 is 11.3 Å².